The van der Waals surface area contributed by atoms with Crippen LogP contribution in [0.5, 0.6) is 11.5 Å². The molecule has 11 heteroatoms. The molecule has 1 aliphatic rings. The van der Waals surface area contributed by atoms with Gasteiger partial charge >= 0.3 is 6.18 Å². The van der Waals surface area contributed by atoms with Crippen molar-refractivity contribution in [2.24, 2.45) is 5.92 Å². The molecule has 0 unspecified atom stereocenters. The molecule has 1 heterocycles. The van der Waals surface area contributed by atoms with Crippen LogP contribution in [0.25, 0.3) is 11.4 Å². The number of aryl methyl sites for hydroxylation is 1. The van der Waals surface area contributed by atoms with Crippen LogP contribution in [0.2, 0.25) is 0 Å². The number of benzene rings is 2. The van der Waals surface area contributed by atoms with Gasteiger partial charge < -0.3 is 19.8 Å². The summed E-state index contributed by atoms with van der Waals surface area (Å²) in [5, 5.41) is 10.6. The number of ether oxygens (including phenoxy) is 2. The van der Waals surface area contributed by atoms with Gasteiger partial charge in [0.1, 0.15) is 5.69 Å². The SMILES string of the molecule is COc1cc(-c2nnc(CCC(=O)NCc3cccc(C(F)(F)F)c3)c(=O)[nH]2)ccc1OCC1CCC1. The normalized spacial score (nSPS) is 13.6. The van der Waals surface area contributed by atoms with Gasteiger partial charge in [0.15, 0.2) is 17.3 Å². The highest BCUT2D eigenvalue weighted by Crippen LogP contribution is 2.33. The lowest BCUT2D eigenvalue weighted by atomic mass is 9.86. The number of aromatic amines is 1. The van der Waals surface area contributed by atoms with Crippen LogP contribution < -0.4 is 20.3 Å². The number of nitrogens with one attached hydrogen (secondary N) is 2. The van der Waals surface area contributed by atoms with Gasteiger partial charge in [-0.15, -0.1) is 10.2 Å². The predicted octanol–water partition coefficient (Wildman–Crippen LogP) is 4.29. The summed E-state index contributed by atoms with van der Waals surface area (Å²) >= 11 is 0. The monoisotopic (exact) mass is 516 g/mol. The summed E-state index contributed by atoms with van der Waals surface area (Å²) in [5.74, 6) is 1.51. The van der Waals surface area contributed by atoms with E-state index < -0.39 is 23.2 Å². The van der Waals surface area contributed by atoms with Crippen molar-refractivity contribution < 1.29 is 27.4 Å². The molecule has 1 aliphatic carbocycles. The van der Waals surface area contributed by atoms with E-state index in [9.17, 15) is 22.8 Å². The molecular weight excluding hydrogens is 489 g/mol. The number of rotatable bonds is 10. The fourth-order valence-electron chi connectivity index (χ4n) is 3.83. The fourth-order valence-corrected chi connectivity index (χ4v) is 3.83. The molecule has 2 N–H and O–H groups in total. The van der Waals surface area contributed by atoms with Gasteiger partial charge in [-0.3, -0.25) is 9.59 Å². The summed E-state index contributed by atoms with van der Waals surface area (Å²) in [5.41, 5.74) is -0.289. The minimum absolute atomic E-state index is 0.0221. The smallest absolute Gasteiger partial charge is 0.416 e. The first kappa shape index (κ1) is 26.2. The molecule has 0 spiro atoms. The molecule has 37 heavy (non-hydrogen) atoms. The van der Waals surface area contributed by atoms with Crippen molar-refractivity contribution in [2.45, 2.75) is 44.8 Å². The van der Waals surface area contributed by atoms with E-state index in [1.54, 1.807) is 18.2 Å². The lowest BCUT2D eigenvalue weighted by molar-refractivity contribution is -0.137. The molecule has 1 saturated carbocycles. The van der Waals surface area contributed by atoms with Gasteiger partial charge in [0, 0.05) is 24.9 Å². The number of carbonyl (C=O) groups excluding carboxylic acids is 1. The lowest BCUT2D eigenvalue weighted by Crippen LogP contribution is -2.25. The Morgan fingerprint density at radius 3 is 2.62 bits per heavy atom. The number of hydrogen-bond donors (Lipinski definition) is 2. The van der Waals surface area contributed by atoms with Crippen LogP contribution in [-0.4, -0.2) is 34.8 Å². The van der Waals surface area contributed by atoms with E-state index in [1.807, 2.05) is 0 Å². The van der Waals surface area contributed by atoms with Crippen molar-refractivity contribution in [3.05, 3.63) is 69.6 Å². The number of H-pyrrole nitrogens is 1. The minimum atomic E-state index is -4.46. The zero-order chi connectivity index (χ0) is 26.4. The standard InChI is InChI=1S/C26H27F3N4O4/c1-36-22-13-18(8-10-21(22)37-15-16-4-2-5-16)24-31-25(35)20(32-33-24)9-11-23(34)30-14-17-6-3-7-19(12-17)26(27,28)29/h3,6-8,10,12-13,16H,2,4-5,9,11,14-15H2,1H3,(H,30,34)(H,31,33,35). The quantitative estimate of drug-likeness (QED) is 0.417. The number of halogens is 3. The highest BCUT2D eigenvalue weighted by atomic mass is 19.4. The van der Waals surface area contributed by atoms with E-state index in [2.05, 4.69) is 20.5 Å². The summed E-state index contributed by atoms with van der Waals surface area (Å²) in [6.07, 6.45) is -0.938. The van der Waals surface area contributed by atoms with Crippen molar-refractivity contribution in [3.63, 3.8) is 0 Å². The molecule has 3 aromatic rings. The van der Waals surface area contributed by atoms with Gasteiger partial charge in [0.05, 0.1) is 19.3 Å². The third-order valence-corrected chi connectivity index (χ3v) is 6.23. The second-order valence-corrected chi connectivity index (χ2v) is 8.90. The molecule has 0 aliphatic heterocycles. The van der Waals surface area contributed by atoms with Crippen LogP contribution in [0.1, 0.15) is 42.5 Å². The van der Waals surface area contributed by atoms with E-state index in [4.69, 9.17) is 9.47 Å². The number of aromatic nitrogens is 3. The number of hydrogen-bond acceptors (Lipinski definition) is 6. The second-order valence-electron chi connectivity index (χ2n) is 8.90. The maximum absolute atomic E-state index is 12.8. The number of amides is 1. The van der Waals surface area contributed by atoms with Crippen molar-refractivity contribution in [3.8, 4) is 22.9 Å². The zero-order valence-electron chi connectivity index (χ0n) is 20.2. The summed E-state index contributed by atoms with van der Waals surface area (Å²) in [4.78, 5) is 27.4. The first-order valence-electron chi connectivity index (χ1n) is 11.9. The molecule has 0 radical (unpaired) electrons. The van der Waals surface area contributed by atoms with Gasteiger partial charge in [0.2, 0.25) is 5.91 Å². The molecule has 1 fully saturated rings. The Bertz CT molecular complexity index is 1310. The van der Waals surface area contributed by atoms with Crippen molar-refractivity contribution in [2.75, 3.05) is 13.7 Å². The molecular formula is C26H27F3N4O4. The van der Waals surface area contributed by atoms with Gasteiger partial charge in [0.25, 0.3) is 5.56 Å². The van der Waals surface area contributed by atoms with E-state index >= 15 is 0 Å². The minimum Gasteiger partial charge on any atom is -0.493 e. The average molecular weight is 517 g/mol. The number of nitrogens with zero attached hydrogens (tertiary/aromatic N) is 2. The molecule has 196 valence electrons. The molecule has 1 aromatic heterocycles. The van der Waals surface area contributed by atoms with E-state index in [0.717, 1.165) is 12.1 Å². The Hall–Kier alpha value is -3.89. The third kappa shape index (κ3) is 6.87. The van der Waals surface area contributed by atoms with Gasteiger partial charge in [-0.2, -0.15) is 13.2 Å². The van der Waals surface area contributed by atoms with E-state index in [1.165, 1.54) is 38.5 Å². The highest BCUT2D eigenvalue weighted by molar-refractivity contribution is 5.76. The fraction of sp³-hybridized carbons (Fsp3) is 0.385. The van der Waals surface area contributed by atoms with Gasteiger partial charge in [-0.1, -0.05) is 18.6 Å². The Morgan fingerprint density at radius 1 is 1.14 bits per heavy atom. The van der Waals surface area contributed by atoms with Crippen LogP contribution in [0.15, 0.2) is 47.3 Å². The molecule has 0 saturated heterocycles. The third-order valence-electron chi connectivity index (χ3n) is 6.23. The number of alkyl halides is 3. The lowest BCUT2D eigenvalue weighted by Gasteiger charge is -2.25. The van der Waals surface area contributed by atoms with Crippen molar-refractivity contribution in [1.82, 2.24) is 20.5 Å². The first-order valence-corrected chi connectivity index (χ1v) is 11.9. The molecule has 2 aromatic carbocycles. The maximum atomic E-state index is 12.8. The predicted molar refractivity (Wildman–Crippen MR) is 129 cm³/mol. The number of methoxy groups -OCH3 is 1. The Labute approximate surface area is 211 Å². The van der Waals surface area contributed by atoms with E-state index in [-0.39, 0.29) is 30.9 Å². The largest absolute Gasteiger partial charge is 0.493 e. The molecule has 0 bridgehead atoms. The van der Waals surface area contributed by atoms with Crippen molar-refractivity contribution in [1.29, 1.82) is 0 Å². The summed E-state index contributed by atoms with van der Waals surface area (Å²) in [6, 6.07) is 9.94. The highest BCUT2D eigenvalue weighted by Gasteiger charge is 2.30. The maximum Gasteiger partial charge on any atom is 0.416 e. The molecule has 8 nitrogen and oxygen atoms in total. The second kappa shape index (κ2) is 11.4. The molecule has 1 amide bonds. The van der Waals surface area contributed by atoms with E-state index in [0.29, 0.717) is 35.2 Å². The molecule has 0 atom stereocenters. The summed E-state index contributed by atoms with van der Waals surface area (Å²) in [7, 11) is 1.53. The Kier molecular flexibility index (Phi) is 8.10. The van der Waals surface area contributed by atoms with Crippen LogP contribution in [-0.2, 0) is 23.9 Å². The van der Waals surface area contributed by atoms with Crippen LogP contribution in [0, 0.1) is 5.92 Å². The van der Waals surface area contributed by atoms with Crippen LogP contribution in [0.4, 0.5) is 13.2 Å². The number of carbonyl (C=O) groups is 1. The topological polar surface area (TPSA) is 106 Å². The van der Waals surface area contributed by atoms with Gasteiger partial charge in [-0.25, -0.2) is 0 Å². The molecule has 4 rings (SSSR count). The first-order chi connectivity index (χ1) is 17.7. The van der Waals surface area contributed by atoms with Crippen LogP contribution >= 0.6 is 0 Å². The van der Waals surface area contributed by atoms with Gasteiger partial charge in [-0.05, 0) is 54.7 Å². The Balaban J connectivity index is 1.33. The summed E-state index contributed by atoms with van der Waals surface area (Å²) in [6.45, 7) is 0.570. The average Bonchev–Trinajstić information content (AvgIpc) is 2.85. The van der Waals surface area contributed by atoms with Crippen LogP contribution in [0.3, 0.4) is 0 Å². The zero-order valence-corrected chi connectivity index (χ0v) is 20.2. The Morgan fingerprint density at radius 2 is 1.95 bits per heavy atom. The van der Waals surface area contributed by atoms with Crippen molar-refractivity contribution >= 4 is 5.91 Å². The summed E-state index contributed by atoms with van der Waals surface area (Å²) < 4.78 is 49.8.